The molecule has 0 unspecified atom stereocenters. The molecule has 1 heterocycles. The predicted molar refractivity (Wildman–Crippen MR) is 49.8 cm³/mol. The molecule has 1 aromatic heterocycles. The van der Waals surface area contributed by atoms with E-state index in [9.17, 15) is 9.59 Å². The summed E-state index contributed by atoms with van der Waals surface area (Å²) in [6, 6.07) is 3.23. The van der Waals surface area contributed by atoms with Gasteiger partial charge in [-0.15, -0.1) is 0 Å². The number of hydrogen-bond acceptors (Lipinski definition) is 2. The smallest absolute Gasteiger partial charge is 0.283 e. The van der Waals surface area contributed by atoms with Crippen molar-refractivity contribution < 1.29 is 4.79 Å². The van der Waals surface area contributed by atoms with Gasteiger partial charge in [-0.25, -0.2) is 0 Å². The number of aromatic nitrogens is 1. The first-order chi connectivity index (χ1) is 5.25. The van der Waals surface area contributed by atoms with E-state index in [0.29, 0.717) is 6.41 Å². The summed E-state index contributed by atoms with van der Waals surface area (Å²) in [5.41, 5.74) is 0.0668. The van der Waals surface area contributed by atoms with Crippen molar-refractivity contribution in [2.45, 2.75) is 0 Å². The molecule has 58 valence electrons. The second-order valence-electron chi connectivity index (χ2n) is 1.80. The molecule has 5 heteroatoms. The van der Waals surface area contributed by atoms with Gasteiger partial charge in [-0.1, -0.05) is 0 Å². The maximum Gasteiger partial charge on any atom is 0.283 e. The van der Waals surface area contributed by atoms with Crippen molar-refractivity contribution in [2.75, 3.05) is 5.32 Å². The molecule has 0 radical (unpaired) electrons. The maximum absolute atomic E-state index is 11.1. The van der Waals surface area contributed by atoms with Gasteiger partial charge in [-0.3, -0.25) is 12.4 Å². The fourth-order valence-corrected chi connectivity index (χ4v) is 1.09. The molecular formula is C6H5IN2O2. The fourth-order valence-electron chi connectivity index (χ4n) is 0.642. The molecule has 0 aliphatic rings. The number of amides is 1. The third kappa shape index (κ3) is 1.79. The highest BCUT2D eigenvalue weighted by Gasteiger charge is 1.97. The number of pyridine rings is 1. The zero-order valence-corrected chi connectivity index (χ0v) is 7.61. The minimum atomic E-state index is -0.222. The minimum Gasteiger partial charge on any atom is -0.324 e. The van der Waals surface area contributed by atoms with Gasteiger partial charge in [-0.05, 0) is 12.1 Å². The lowest BCUT2D eigenvalue weighted by atomic mass is 10.4. The monoisotopic (exact) mass is 264 g/mol. The van der Waals surface area contributed by atoms with E-state index in [4.69, 9.17) is 0 Å². The summed E-state index contributed by atoms with van der Waals surface area (Å²) in [7, 11) is 0. The van der Waals surface area contributed by atoms with E-state index >= 15 is 0 Å². The zero-order valence-electron chi connectivity index (χ0n) is 5.45. The van der Waals surface area contributed by atoms with Crippen LogP contribution in [0.25, 0.3) is 0 Å². The number of rotatable bonds is 2. The first-order valence-corrected chi connectivity index (χ1v) is 3.80. The molecule has 0 aliphatic heterocycles. The van der Waals surface area contributed by atoms with Crippen molar-refractivity contribution in [3.63, 3.8) is 0 Å². The van der Waals surface area contributed by atoms with Crippen LogP contribution in [0.15, 0.2) is 23.1 Å². The van der Waals surface area contributed by atoms with Crippen LogP contribution in [-0.2, 0) is 4.79 Å². The number of nitrogens with zero attached hydrogens (tertiary/aromatic N) is 1. The van der Waals surface area contributed by atoms with E-state index < -0.39 is 0 Å². The van der Waals surface area contributed by atoms with E-state index in [1.54, 1.807) is 18.3 Å². The first-order valence-electron chi connectivity index (χ1n) is 2.83. The Morgan fingerprint density at radius 3 is 3.00 bits per heavy atom. The maximum atomic E-state index is 11.1. The molecule has 4 nitrogen and oxygen atoms in total. The average Bonchev–Trinajstić information content (AvgIpc) is 1.99. The van der Waals surface area contributed by atoms with Crippen molar-refractivity contribution in [3.05, 3.63) is 28.7 Å². The van der Waals surface area contributed by atoms with Crippen LogP contribution < -0.4 is 10.9 Å². The van der Waals surface area contributed by atoms with Gasteiger partial charge in [-0.2, -0.15) is 0 Å². The van der Waals surface area contributed by atoms with Crippen molar-refractivity contribution in [1.29, 1.82) is 0 Å². The van der Waals surface area contributed by atoms with Gasteiger partial charge >= 0.3 is 0 Å². The van der Waals surface area contributed by atoms with Gasteiger partial charge in [0.1, 0.15) is 5.69 Å². The van der Waals surface area contributed by atoms with Crippen LogP contribution in [-0.4, -0.2) is 9.19 Å². The Kier molecular flexibility index (Phi) is 2.64. The lowest BCUT2D eigenvalue weighted by Gasteiger charge is -1.97. The van der Waals surface area contributed by atoms with Crippen LogP contribution in [0.4, 0.5) is 5.69 Å². The van der Waals surface area contributed by atoms with Gasteiger partial charge in [0.25, 0.3) is 5.56 Å². The standard InChI is InChI=1S/C6H5IN2O2/c7-9-3-1-2-5(6(9)11)8-4-10/h1-4H,(H,8,10). The lowest BCUT2D eigenvalue weighted by Crippen LogP contribution is -2.16. The summed E-state index contributed by atoms with van der Waals surface area (Å²) in [5.74, 6) is 0. The van der Waals surface area contributed by atoms with Crippen molar-refractivity contribution in [1.82, 2.24) is 2.78 Å². The van der Waals surface area contributed by atoms with Crippen LogP contribution in [0.3, 0.4) is 0 Å². The molecule has 1 amide bonds. The highest BCUT2D eigenvalue weighted by molar-refractivity contribution is 14.1. The molecule has 0 fully saturated rings. The number of nitrogens with one attached hydrogen (secondary N) is 1. The molecule has 0 saturated carbocycles. The summed E-state index contributed by atoms with van der Waals surface area (Å²) in [5, 5.41) is 2.30. The molecule has 1 aromatic rings. The number of halogens is 1. The van der Waals surface area contributed by atoms with Crippen LogP contribution in [0, 0.1) is 0 Å². The fraction of sp³-hybridized carbons (Fsp3) is 0. The Balaban J connectivity index is 3.16. The Labute approximate surface area is 76.7 Å². The number of carbonyl (C=O) groups excluding carboxylic acids is 1. The van der Waals surface area contributed by atoms with E-state index in [2.05, 4.69) is 5.32 Å². The summed E-state index contributed by atoms with van der Waals surface area (Å²) in [6.45, 7) is 0. The summed E-state index contributed by atoms with van der Waals surface area (Å²) in [4.78, 5) is 21.1. The SMILES string of the molecule is O=CNc1cccn(I)c1=O. The zero-order chi connectivity index (χ0) is 8.27. The Bertz CT molecular complexity index is 321. The van der Waals surface area contributed by atoms with Crippen LogP contribution in [0.2, 0.25) is 0 Å². The molecule has 0 saturated heterocycles. The molecule has 0 spiro atoms. The highest BCUT2D eigenvalue weighted by Crippen LogP contribution is 1.98. The first kappa shape index (κ1) is 8.25. The van der Waals surface area contributed by atoms with E-state index in [-0.39, 0.29) is 11.2 Å². The molecule has 0 aromatic carbocycles. The predicted octanol–water partition coefficient (Wildman–Crippen LogP) is 0.615. The Morgan fingerprint density at radius 2 is 2.36 bits per heavy atom. The van der Waals surface area contributed by atoms with Gasteiger partial charge in [0.15, 0.2) is 0 Å². The lowest BCUT2D eigenvalue weighted by molar-refractivity contribution is -0.105. The van der Waals surface area contributed by atoms with Crippen molar-refractivity contribution >= 4 is 35.0 Å². The molecule has 0 bridgehead atoms. The van der Waals surface area contributed by atoms with Crippen molar-refractivity contribution in [3.8, 4) is 0 Å². The van der Waals surface area contributed by atoms with Crippen LogP contribution in [0.5, 0.6) is 0 Å². The second kappa shape index (κ2) is 3.51. The highest BCUT2D eigenvalue weighted by atomic mass is 127. The number of hydrogen-bond donors (Lipinski definition) is 1. The second-order valence-corrected chi connectivity index (χ2v) is 2.84. The normalized spacial score (nSPS) is 9.18. The van der Waals surface area contributed by atoms with E-state index in [1.165, 1.54) is 2.78 Å². The third-order valence-electron chi connectivity index (χ3n) is 1.12. The number of anilines is 1. The van der Waals surface area contributed by atoms with Gasteiger partial charge in [0, 0.05) is 6.20 Å². The van der Waals surface area contributed by atoms with Gasteiger partial charge in [0.05, 0.1) is 22.9 Å². The Hall–Kier alpha value is -0.850. The van der Waals surface area contributed by atoms with Crippen LogP contribution in [0.1, 0.15) is 0 Å². The van der Waals surface area contributed by atoms with Crippen molar-refractivity contribution in [2.24, 2.45) is 0 Å². The van der Waals surface area contributed by atoms with Gasteiger partial charge < -0.3 is 5.32 Å². The van der Waals surface area contributed by atoms with Crippen LogP contribution >= 0.6 is 22.9 Å². The largest absolute Gasteiger partial charge is 0.324 e. The molecule has 0 atom stereocenters. The third-order valence-corrected chi connectivity index (χ3v) is 1.88. The quantitative estimate of drug-likeness (QED) is 0.628. The molecular weight excluding hydrogens is 259 g/mol. The van der Waals surface area contributed by atoms with E-state index in [1.807, 2.05) is 22.9 Å². The number of carbonyl (C=O) groups is 1. The molecule has 1 N–H and O–H groups in total. The average molecular weight is 264 g/mol. The summed E-state index contributed by atoms with van der Waals surface area (Å²) >= 11 is 1.84. The summed E-state index contributed by atoms with van der Waals surface area (Å²) in [6.07, 6.45) is 2.09. The molecule has 1 rings (SSSR count). The minimum absolute atomic E-state index is 0.222. The van der Waals surface area contributed by atoms with Gasteiger partial charge in [0.2, 0.25) is 6.41 Å². The molecule has 0 aliphatic carbocycles. The summed E-state index contributed by atoms with van der Waals surface area (Å²) < 4.78 is 1.36. The molecule has 11 heavy (non-hydrogen) atoms. The topological polar surface area (TPSA) is 51.1 Å². The van der Waals surface area contributed by atoms with E-state index in [0.717, 1.165) is 0 Å². The Morgan fingerprint density at radius 1 is 1.64 bits per heavy atom.